The lowest BCUT2D eigenvalue weighted by molar-refractivity contribution is 0.204. The molecule has 122 valence electrons. The SMILES string of the molecule is CN1CCC(C2c3ccccc3CCn3c(CO)cnc32)CC1. The molecule has 0 bridgehead atoms. The fourth-order valence-corrected chi connectivity index (χ4v) is 4.32. The van der Waals surface area contributed by atoms with Crippen molar-refractivity contribution in [1.29, 1.82) is 0 Å². The molecule has 0 amide bonds. The number of aliphatic hydroxyl groups excluding tert-OH is 1. The molecule has 0 saturated carbocycles. The molecule has 0 spiro atoms. The van der Waals surface area contributed by atoms with Gasteiger partial charge in [-0.1, -0.05) is 24.3 Å². The summed E-state index contributed by atoms with van der Waals surface area (Å²) in [5.41, 5.74) is 3.85. The second-order valence-electron chi connectivity index (χ2n) is 6.98. The molecule has 4 nitrogen and oxygen atoms in total. The monoisotopic (exact) mass is 311 g/mol. The van der Waals surface area contributed by atoms with Crippen molar-refractivity contribution in [1.82, 2.24) is 14.5 Å². The van der Waals surface area contributed by atoms with Crippen molar-refractivity contribution in [2.75, 3.05) is 20.1 Å². The first-order valence-corrected chi connectivity index (χ1v) is 8.69. The Balaban J connectivity index is 1.80. The number of hydrogen-bond acceptors (Lipinski definition) is 3. The van der Waals surface area contributed by atoms with Gasteiger partial charge in [0.25, 0.3) is 0 Å². The van der Waals surface area contributed by atoms with Crippen molar-refractivity contribution in [3.05, 3.63) is 53.1 Å². The molecule has 1 aromatic carbocycles. The first kappa shape index (κ1) is 14.9. The van der Waals surface area contributed by atoms with E-state index < -0.39 is 0 Å². The molecule has 1 saturated heterocycles. The van der Waals surface area contributed by atoms with E-state index in [1.807, 2.05) is 6.20 Å². The van der Waals surface area contributed by atoms with Crippen LogP contribution in [0, 0.1) is 5.92 Å². The Morgan fingerprint density at radius 2 is 1.96 bits per heavy atom. The van der Waals surface area contributed by atoms with Gasteiger partial charge in [-0.2, -0.15) is 0 Å². The van der Waals surface area contributed by atoms with Crippen LogP contribution >= 0.6 is 0 Å². The van der Waals surface area contributed by atoms with Crippen LogP contribution in [0.4, 0.5) is 0 Å². The second kappa shape index (κ2) is 6.10. The Hall–Kier alpha value is -1.65. The van der Waals surface area contributed by atoms with Gasteiger partial charge in [0.2, 0.25) is 0 Å². The summed E-state index contributed by atoms with van der Waals surface area (Å²) >= 11 is 0. The fourth-order valence-electron chi connectivity index (χ4n) is 4.32. The van der Waals surface area contributed by atoms with Crippen LogP contribution in [0.15, 0.2) is 30.5 Å². The Kier molecular flexibility index (Phi) is 3.95. The molecule has 1 aromatic heterocycles. The molecule has 4 rings (SSSR count). The number of rotatable bonds is 2. The van der Waals surface area contributed by atoms with Crippen LogP contribution in [0.25, 0.3) is 0 Å². The number of likely N-dealkylation sites (tertiary alicyclic amines) is 1. The quantitative estimate of drug-likeness (QED) is 0.926. The Morgan fingerprint density at radius 3 is 2.74 bits per heavy atom. The molecule has 4 heteroatoms. The maximum absolute atomic E-state index is 9.66. The molecule has 1 unspecified atom stereocenters. The van der Waals surface area contributed by atoms with E-state index in [-0.39, 0.29) is 6.61 Å². The van der Waals surface area contributed by atoms with Gasteiger partial charge in [0.15, 0.2) is 0 Å². The fraction of sp³-hybridized carbons (Fsp3) is 0.526. The zero-order chi connectivity index (χ0) is 15.8. The molecule has 1 atom stereocenters. The molecule has 23 heavy (non-hydrogen) atoms. The van der Waals surface area contributed by atoms with Crippen molar-refractivity contribution in [2.45, 2.75) is 38.3 Å². The van der Waals surface area contributed by atoms with Gasteiger partial charge < -0.3 is 14.6 Å². The third-order valence-corrected chi connectivity index (χ3v) is 5.64. The van der Waals surface area contributed by atoms with Gasteiger partial charge in [0, 0.05) is 12.5 Å². The van der Waals surface area contributed by atoms with Crippen LogP contribution in [-0.2, 0) is 19.6 Å². The highest BCUT2D eigenvalue weighted by atomic mass is 16.3. The van der Waals surface area contributed by atoms with Gasteiger partial charge in [-0.15, -0.1) is 0 Å². The molecule has 2 aliphatic rings. The summed E-state index contributed by atoms with van der Waals surface area (Å²) in [6.07, 6.45) is 5.33. The van der Waals surface area contributed by atoms with Crippen molar-refractivity contribution < 1.29 is 5.11 Å². The lowest BCUT2D eigenvalue weighted by atomic mass is 9.78. The number of aryl methyl sites for hydroxylation is 1. The van der Waals surface area contributed by atoms with Crippen LogP contribution in [0.5, 0.6) is 0 Å². The van der Waals surface area contributed by atoms with Crippen molar-refractivity contribution in [2.24, 2.45) is 5.92 Å². The Bertz CT molecular complexity index is 686. The molecule has 2 aromatic rings. The zero-order valence-corrected chi connectivity index (χ0v) is 13.8. The maximum Gasteiger partial charge on any atom is 0.116 e. The number of hydrogen-bond donors (Lipinski definition) is 1. The molecule has 2 aliphatic heterocycles. The van der Waals surface area contributed by atoms with Crippen LogP contribution in [0.3, 0.4) is 0 Å². The third-order valence-electron chi connectivity index (χ3n) is 5.64. The number of aromatic nitrogens is 2. The van der Waals surface area contributed by atoms with E-state index >= 15 is 0 Å². The van der Waals surface area contributed by atoms with Gasteiger partial charge in [0.05, 0.1) is 18.5 Å². The summed E-state index contributed by atoms with van der Waals surface area (Å²) in [4.78, 5) is 7.17. The number of imidazole rings is 1. The third kappa shape index (κ3) is 2.60. The average Bonchev–Trinajstić information content (AvgIpc) is 2.91. The van der Waals surface area contributed by atoms with E-state index in [2.05, 4.69) is 40.8 Å². The van der Waals surface area contributed by atoms with E-state index in [4.69, 9.17) is 4.98 Å². The molecule has 1 N–H and O–H groups in total. The molecule has 0 radical (unpaired) electrons. The molecular weight excluding hydrogens is 286 g/mol. The number of nitrogens with zero attached hydrogens (tertiary/aromatic N) is 3. The van der Waals surface area contributed by atoms with Crippen LogP contribution < -0.4 is 0 Å². The average molecular weight is 311 g/mol. The predicted octanol–water partition coefficient (Wildman–Crippen LogP) is 2.41. The summed E-state index contributed by atoms with van der Waals surface area (Å²) in [6.45, 7) is 3.32. The van der Waals surface area contributed by atoms with Gasteiger partial charge in [0.1, 0.15) is 5.82 Å². The highest BCUT2D eigenvalue weighted by molar-refractivity contribution is 5.37. The summed E-state index contributed by atoms with van der Waals surface area (Å²) in [6, 6.07) is 8.86. The van der Waals surface area contributed by atoms with Crippen LogP contribution in [0.1, 0.15) is 41.4 Å². The highest BCUT2D eigenvalue weighted by Gasteiger charge is 2.34. The lowest BCUT2D eigenvalue weighted by Crippen LogP contribution is -2.33. The van der Waals surface area contributed by atoms with Crippen LogP contribution in [-0.4, -0.2) is 39.7 Å². The minimum atomic E-state index is 0.0729. The van der Waals surface area contributed by atoms with Crippen molar-refractivity contribution in [3.8, 4) is 0 Å². The van der Waals surface area contributed by atoms with Crippen molar-refractivity contribution in [3.63, 3.8) is 0 Å². The van der Waals surface area contributed by atoms with Gasteiger partial charge >= 0.3 is 0 Å². The maximum atomic E-state index is 9.66. The first-order valence-electron chi connectivity index (χ1n) is 8.69. The summed E-state index contributed by atoms with van der Waals surface area (Å²) in [5.74, 6) is 2.16. The number of aliphatic hydroxyl groups is 1. The van der Waals surface area contributed by atoms with E-state index in [1.165, 1.54) is 24.0 Å². The van der Waals surface area contributed by atoms with Gasteiger partial charge in [-0.3, -0.25) is 0 Å². The first-order chi connectivity index (χ1) is 11.3. The molecular formula is C19H25N3O. The van der Waals surface area contributed by atoms with E-state index in [0.717, 1.165) is 37.6 Å². The summed E-state index contributed by atoms with van der Waals surface area (Å²) in [7, 11) is 2.21. The molecule has 3 heterocycles. The summed E-state index contributed by atoms with van der Waals surface area (Å²) in [5, 5.41) is 9.66. The lowest BCUT2D eigenvalue weighted by Gasteiger charge is -2.34. The topological polar surface area (TPSA) is 41.3 Å². The normalized spacial score (nSPS) is 22.4. The van der Waals surface area contributed by atoms with Crippen LogP contribution in [0.2, 0.25) is 0 Å². The Labute approximate surface area is 137 Å². The second-order valence-corrected chi connectivity index (χ2v) is 6.98. The van der Waals surface area contributed by atoms with Gasteiger partial charge in [-0.25, -0.2) is 4.98 Å². The number of piperidine rings is 1. The number of fused-ring (bicyclic) bond motifs is 2. The minimum Gasteiger partial charge on any atom is -0.390 e. The van der Waals surface area contributed by atoms with Gasteiger partial charge in [-0.05, 0) is 56.4 Å². The smallest absolute Gasteiger partial charge is 0.116 e. The Morgan fingerprint density at radius 1 is 1.17 bits per heavy atom. The molecule has 1 fully saturated rings. The van der Waals surface area contributed by atoms with E-state index in [0.29, 0.717) is 11.8 Å². The standard InChI is InChI=1S/C19H25N3O/c1-21-9-6-15(7-10-21)18-17-5-3-2-4-14(17)8-11-22-16(13-23)12-20-19(18)22/h2-5,12,15,18,23H,6-11,13H2,1H3. The highest BCUT2D eigenvalue weighted by Crippen LogP contribution is 2.40. The van der Waals surface area contributed by atoms with Crippen molar-refractivity contribution >= 4 is 0 Å². The number of benzene rings is 1. The van der Waals surface area contributed by atoms with E-state index in [9.17, 15) is 5.11 Å². The van der Waals surface area contributed by atoms with E-state index in [1.54, 1.807) is 0 Å². The minimum absolute atomic E-state index is 0.0729. The predicted molar refractivity (Wildman–Crippen MR) is 90.4 cm³/mol. The summed E-state index contributed by atoms with van der Waals surface area (Å²) < 4.78 is 2.27. The zero-order valence-electron chi connectivity index (χ0n) is 13.8. The largest absolute Gasteiger partial charge is 0.390 e. The molecule has 0 aliphatic carbocycles.